The van der Waals surface area contributed by atoms with Crippen LogP contribution in [0.15, 0.2) is 0 Å². The van der Waals surface area contributed by atoms with Crippen LogP contribution in [0.4, 0.5) is 4.39 Å². The van der Waals surface area contributed by atoms with Gasteiger partial charge in [0.05, 0.1) is 0 Å². The fourth-order valence-corrected chi connectivity index (χ4v) is 1.63. The summed E-state index contributed by atoms with van der Waals surface area (Å²) in [4.78, 5) is 2.23. The van der Waals surface area contributed by atoms with E-state index in [1.165, 1.54) is 0 Å². The molecule has 0 aromatic carbocycles. The van der Waals surface area contributed by atoms with Gasteiger partial charge in [0.15, 0.2) is 0 Å². The van der Waals surface area contributed by atoms with Gasteiger partial charge < -0.3 is 0 Å². The second-order valence-corrected chi connectivity index (χ2v) is 4.90. The predicted molar refractivity (Wildman–Crippen MR) is 50.0 cm³/mol. The van der Waals surface area contributed by atoms with Gasteiger partial charge in [-0.05, 0) is 39.7 Å². The van der Waals surface area contributed by atoms with E-state index in [2.05, 4.69) is 25.7 Å². The molecule has 0 aromatic heterocycles. The van der Waals surface area contributed by atoms with E-state index in [0.29, 0.717) is 6.54 Å². The molecule has 0 bridgehead atoms. The summed E-state index contributed by atoms with van der Waals surface area (Å²) in [6, 6.07) is 0. The Morgan fingerprint density at radius 1 is 1.33 bits per heavy atom. The summed E-state index contributed by atoms with van der Waals surface area (Å²) in [6.45, 7) is 10.1. The fraction of sp³-hybridized carbons (Fsp3) is 1.00. The summed E-state index contributed by atoms with van der Waals surface area (Å²) in [6.07, 6.45) is 0.372. The quantitative estimate of drug-likeness (QED) is 0.544. The van der Waals surface area contributed by atoms with Crippen molar-refractivity contribution in [3.63, 3.8) is 0 Å². The molecule has 1 rings (SSSR count). The molecule has 0 amide bonds. The number of hydrogen-bond acceptors (Lipinski definition) is 1. The molecule has 0 spiro atoms. The summed E-state index contributed by atoms with van der Waals surface area (Å²) < 4.78 is 13.3. The SMILES string of the molecule is C[C@@H]1CCN(C(C)(C)C)C[C@@H]1F. The van der Waals surface area contributed by atoms with E-state index in [-0.39, 0.29) is 11.5 Å². The van der Waals surface area contributed by atoms with Crippen molar-refractivity contribution in [1.82, 2.24) is 4.90 Å². The van der Waals surface area contributed by atoms with Gasteiger partial charge in [0.25, 0.3) is 0 Å². The Balaban J connectivity index is 2.51. The third-order valence-electron chi connectivity index (χ3n) is 2.82. The van der Waals surface area contributed by atoms with Crippen LogP contribution < -0.4 is 0 Å². The van der Waals surface area contributed by atoms with Gasteiger partial charge in [-0.2, -0.15) is 0 Å². The Bertz CT molecular complexity index is 150. The number of nitrogens with zero attached hydrogens (tertiary/aromatic N) is 1. The van der Waals surface area contributed by atoms with Gasteiger partial charge in [-0.15, -0.1) is 0 Å². The zero-order chi connectivity index (χ0) is 9.35. The Labute approximate surface area is 74.9 Å². The number of halogens is 1. The van der Waals surface area contributed by atoms with Crippen LogP contribution in [0.1, 0.15) is 34.1 Å². The molecule has 12 heavy (non-hydrogen) atoms. The maximum absolute atomic E-state index is 13.3. The van der Waals surface area contributed by atoms with E-state index >= 15 is 0 Å². The summed E-state index contributed by atoms with van der Waals surface area (Å²) in [5.41, 5.74) is 0.129. The minimum Gasteiger partial charge on any atom is -0.296 e. The second kappa shape index (κ2) is 3.33. The Kier molecular flexibility index (Phi) is 2.77. The standard InChI is InChI=1S/C10H20FN/c1-8-5-6-12(7-9(8)11)10(2,3)4/h8-9H,5-7H2,1-4H3/t8-,9+/m1/s1. The van der Waals surface area contributed by atoms with Crippen LogP contribution in [-0.2, 0) is 0 Å². The molecule has 2 atom stereocenters. The zero-order valence-electron chi connectivity index (χ0n) is 8.60. The van der Waals surface area contributed by atoms with Gasteiger partial charge in [-0.1, -0.05) is 6.92 Å². The third-order valence-corrected chi connectivity index (χ3v) is 2.82. The summed E-state index contributed by atoms with van der Waals surface area (Å²) in [5, 5.41) is 0. The number of likely N-dealkylation sites (tertiary alicyclic amines) is 1. The van der Waals surface area contributed by atoms with Crippen molar-refractivity contribution in [2.45, 2.75) is 45.8 Å². The Hall–Kier alpha value is -0.110. The topological polar surface area (TPSA) is 3.24 Å². The first-order valence-electron chi connectivity index (χ1n) is 4.80. The second-order valence-electron chi connectivity index (χ2n) is 4.90. The van der Waals surface area contributed by atoms with Gasteiger partial charge in [-0.3, -0.25) is 4.90 Å². The van der Waals surface area contributed by atoms with Crippen molar-refractivity contribution in [3.8, 4) is 0 Å². The smallest absolute Gasteiger partial charge is 0.115 e. The highest BCUT2D eigenvalue weighted by Gasteiger charge is 2.31. The molecule has 1 aliphatic heterocycles. The highest BCUT2D eigenvalue weighted by atomic mass is 19.1. The van der Waals surface area contributed by atoms with Crippen LogP contribution >= 0.6 is 0 Å². The number of hydrogen-bond donors (Lipinski definition) is 0. The minimum atomic E-state index is -0.627. The Morgan fingerprint density at radius 2 is 1.92 bits per heavy atom. The minimum absolute atomic E-state index is 0.129. The van der Waals surface area contributed by atoms with E-state index in [1.807, 2.05) is 6.92 Å². The van der Waals surface area contributed by atoms with Gasteiger partial charge in [0.1, 0.15) is 6.17 Å². The molecule has 0 aliphatic carbocycles. The van der Waals surface area contributed by atoms with Crippen LogP contribution in [0.3, 0.4) is 0 Å². The third kappa shape index (κ3) is 2.19. The highest BCUT2D eigenvalue weighted by Crippen LogP contribution is 2.25. The van der Waals surface area contributed by atoms with Crippen molar-refractivity contribution in [2.75, 3.05) is 13.1 Å². The van der Waals surface area contributed by atoms with Gasteiger partial charge in [-0.25, -0.2) is 4.39 Å². The van der Waals surface area contributed by atoms with Crippen LogP contribution in [0.5, 0.6) is 0 Å². The average Bonchev–Trinajstić information content (AvgIpc) is 1.92. The van der Waals surface area contributed by atoms with Crippen LogP contribution in [0.2, 0.25) is 0 Å². The molecular weight excluding hydrogens is 153 g/mol. The molecule has 1 aliphatic rings. The summed E-state index contributed by atoms with van der Waals surface area (Å²) in [7, 11) is 0. The monoisotopic (exact) mass is 173 g/mol. The zero-order valence-corrected chi connectivity index (χ0v) is 8.60. The first-order valence-corrected chi connectivity index (χ1v) is 4.80. The Morgan fingerprint density at radius 3 is 2.33 bits per heavy atom. The molecule has 1 nitrogen and oxygen atoms in total. The first-order chi connectivity index (χ1) is 5.41. The molecule has 0 saturated carbocycles. The van der Waals surface area contributed by atoms with Crippen molar-refractivity contribution < 1.29 is 4.39 Å². The maximum atomic E-state index is 13.3. The fourth-order valence-electron chi connectivity index (χ4n) is 1.63. The molecule has 72 valence electrons. The molecule has 1 fully saturated rings. The molecular formula is C10H20FN. The van der Waals surface area contributed by atoms with E-state index in [9.17, 15) is 4.39 Å². The number of alkyl halides is 1. The number of rotatable bonds is 0. The predicted octanol–water partition coefficient (Wildman–Crippen LogP) is 2.46. The van der Waals surface area contributed by atoms with Crippen molar-refractivity contribution in [1.29, 1.82) is 0 Å². The van der Waals surface area contributed by atoms with Crippen LogP contribution in [0, 0.1) is 5.92 Å². The average molecular weight is 173 g/mol. The lowest BCUT2D eigenvalue weighted by molar-refractivity contribution is 0.0337. The largest absolute Gasteiger partial charge is 0.296 e. The van der Waals surface area contributed by atoms with E-state index in [1.54, 1.807) is 0 Å². The lowest BCUT2D eigenvalue weighted by Gasteiger charge is -2.41. The maximum Gasteiger partial charge on any atom is 0.115 e. The normalized spacial score (nSPS) is 33.8. The molecule has 1 saturated heterocycles. The molecule has 0 radical (unpaired) electrons. The molecule has 1 heterocycles. The molecule has 0 aromatic rings. The van der Waals surface area contributed by atoms with E-state index < -0.39 is 6.17 Å². The van der Waals surface area contributed by atoms with E-state index in [0.717, 1.165) is 13.0 Å². The highest BCUT2D eigenvalue weighted by molar-refractivity contribution is 4.85. The van der Waals surface area contributed by atoms with Gasteiger partial charge in [0, 0.05) is 12.1 Å². The number of piperidine rings is 1. The molecule has 2 heteroatoms. The van der Waals surface area contributed by atoms with Gasteiger partial charge >= 0.3 is 0 Å². The van der Waals surface area contributed by atoms with E-state index in [4.69, 9.17) is 0 Å². The van der Waals surface area contributed by atoms with Crippen molar-refractivity contribution in [2.24, 2.45) is 5.92 Å². The van der Waals surface area contributed by atoms with Crippen molar-refractivity contribution in [3.05, 3.63) is 0 Å². The van der Waals surface area contributed by atoms with Crippen molar-refractivity contribution >= 4 is 0 Å². The molecule has 0 N–H and O–H groups in total. The van der Waals surface area contributed by atoms with Gasteiger partial charge in [0.2, 0.25) is 0 Å². The molecule has 0 unspecified atom stereocenters. The van der Waals surface area contributed by atoms with Crippen LogP contribution in [0.25, 0.3) is 0 Å². The summed E-state index contributed by atoms with van der Waals surface area (Å²) in [5.74, 6) is 0.253. The lowest BCUT2D eigenvalue weighted by Crippen LogP contribution is -2.50. The van der Waals surface area contributed by atoms with Crippen LogP contribution in [-0.4, -0.2) is 29.7 Å². The lowest BCUT2D eigenvalue weighted by atomic mass is 9.93. The first kappa shape index (κ1) is 9.97. The summed E-state index contributed by atoms with van der Waals surface area (Å²) >= 11 is 0.